The molecule has 0 radical (unpaired) electrons. The SMILES string of the molecule is NS(=O)(=O)c1ccc(Cl)c(NC(=O)C2CNC(=O)C2)c1. The normalized spacial score (nSPS) is 18.7. The molecule has 0 spiro atoms. The van der Waals surface area contributed by atoms with Gasteiger partial charge in [-0.3, -0.25) is 9.59 Å². The summed E-state index contributed by atoms with van der Waals surface area (Å²) in [5, 5.41) is 10.2. The molecule has 2 amide bonds. The van der Waals surface area contributed by atoms with Gasteiger partial charge in [0.15, 0.2) is 0 Å². The molecule has 1 heterocycles. The molecule has 108 valence electrons. The van der Waals surface area contributed by atoms with E-state index in [1.807, 2.05) is 0 Å². The van der Waals surface area contributed by atoms with Gasteiger partial charge in [0.05, 0.1) is 21.5 Å². The highest BCUT2D eigenvalue weighted by molar-refractivity contribution is 7.89. The average Bonchev–Trinajstić information content (AvgIpc) is 2.77. The summed E-state index contributed by atoms with van der Waals surface area (Å²) in [5.41, 5.74) is 0.141. The van der Waals surface area contributed by atoms with Crippen molar-refractivity contribution in [3.63, 3.8) is 0 Å². The third-order valence-corrected chi connectivity index (χ3v) is 4.11. The molecule has 1 atom stereocenters. The van der Waals surface area contributed by atoms with Crippen LogP contribution in [0.15, 0.2) is 23.1 Å². The van der Waals surface area contributed by atoms with E-state index in [1.54, 1.807) is 0 Å². The number of hydrogen-bond acceptors (Lipinski definition) is 4. The van der Waals surface area contributed by atoms with Crippen LogP contribution < -0.4 is 15.8 Å². The Morgan fingerprint density at radius 3 is 2.70 bits per heavy atom. The van der Waals surface area contributed by atoms with Crippen LogP contribution in [0.25, 0.3) is 0 Å². The quantitative estimate of drug-likeness (QED) is 0.730. The summed E-state index contributed by atoms with van der Waals surface area (Å²) in [6.45, 7) is 0.247. The molecule has 0 aliphatic carbocycles. The molecule has 0 bridgehead atoms. The number of halogens is 1. The Bertz CT molecular complexity index is 674. The van der Waals surface area contributed by atoms with Crippen molar-refractivity contribution in [1.29, 1.82) is 0 Å². The van der Waals surface area contributed by atoms with Crippen molar-refractivity contribution < 1.29 is 18.0 Å². The Kier molecular flexibility index (Phi) is 3.98. The fourth-order valence-corrected chi connectivity index (χ4v) is 2.51. The number of sulfonamides is 1. The smallest absolute Gasteiger partial charge is 0.238 e. The van der Waals surface area contributed by atoms with Crippen molar-refractivity contribution in [3.8, 4) is 0 Å². The van der Waals surface area contributed by atoms with Crippen LogP contribution in [0.2, 0.25) is 5.02 Å². The minimum atomic E-state index is -3.88. The Balaban J connectivity index is 2.20. The number of carbonyl (C=O) groups is 2. The molecule has 2 rings (SSSR count). The molecule has 1 fully saturated rings. The minimum Gasteiger partial charge on any atom is -0.355 e. The molecule has 1 aliphatic rings. The number of anilines is 1. The number of rotatable bonds is 3. The van der Waals surface area contributed by atoms with Gasteiger partial charge in [-0.2, -0.15) is 0 Å². The molecule has 1 aromatic carbocycles. The lowest BCUT2D eigenvalue weighted by Crippen LogP contribution is -2.25. The molecule has 9 heteroatoms. The maximum Gasteiger partial charge on any atom is 0.238 e. The number of hydrogen-bond donors (Lipinski definition) is 3. The molecular weight excluding hydrogens is 306 g/mol. The fraction of sp³-hybridized carbons (Fsp3) is 0.273. The van der Waals surface area contributed by atoms with Crippen molar-refractivity contribution >= 4 is 39.1 Å². The first-order valence-electron chi connectivity index (χ1n) is 5.67. The molecule has 1 unspecified atom stereocenters. The second kappa shape index (κ2) is 5.39. The van der Waals surface area contributed by atoms with Crippen LogP contribution in [0, 0.1) is 5.92 Å². The van der Waals surface area contributed by atoms with Gasteiger partial charge in [-0.25, -0.2) is 13.6 Å². The number of nitrogens with two attached hydrogens (primary N) is 1. The van der Waals surface area contributed by atoms with Gasteiger partial charge in [-0.05, 0) is 18.2 Å². The second-order valence-corrected chi connectivity index (χ2v) is 6.35. The van der Waals surface area contributed by atoms with Crippen LogP contribution in [0.4, 0.5) is 5.69 Å². The maximum absolute atomic E-state index is 11.9. The van der Waals surface area contributed by atoms with Gasteiger partial charge in [0.1, 0.15) is 0 Å². The molecule has 4 N–H and O–H groups in total. The van der Waals surface area contributed by atoms with Gasteiger partial charge in [-0.15, -0.1) is 0 Å². The summed E-state index contributed by atoms with van der Waals surface area (Å²) < 4.78 is 22.5. The van der Waals surface area contributed by atoms with E-state index < -0.39 is 21.8 Å². The number of benzene rings is 1. The van der Waals surface area contributed by atoms with Crippen LogP contribution in [-0.2, 0) is 19.6 Å². The number of nitrogens with one attached hydrogen (secondary N) is 2. The van der Waals surface area contributed by atoms with E-state index in [0.29, 0.717) is 0 Å². The fourth-order valence-electron chi connectivity index (χ4n) is 1.80. The molecular formula is C11H12ClN3O4S. The summed E-state index contributed by atoms with van der Waals surface area (Å²) in [6, 6.07) is 3.75. The van der Waals surface area contributed by atoms with Gasteiger partial charge < -0.3 is 10.6 Å². The van der Waals surface area contributed by atoms with Gasteiger partial charge in [0.2, 0.25) is 21.8 Å². The first kappa shape index (κ1) is 14.8. The van der Waals surface area contributed by atoms with E-state index in [1.165, 1.54) is 18.2 Å². The van der Waals surface area contributed by atoms with Crippen molar-refractivity contribution in [1.82, 2.24) is 5.32 Å². The minimum absolute atomic E-state index is 0.0956. The number of amides is 2. The van der Waals surface area contributed by atoms with Crippen molar-refractivity contribution in [3.05, 3.63) is 23.2 Å². The molecule has 0 saturated carbocycles. The average molecular weight is 318 g/mol. The highest BCUT2D eigenvalue weighted by atomic mass is 35.5. The second-order valence-electron chi connectivity index (χ2n) is 4.38. The lowest BCUT2D eigenvalue weighted by molar-refractivity contribution is -0.123. The molecule has 1 saturated heterocycles. The summed E-state index contributed by atoms with van der Waals surface area (Å²) in [6.07, 6.45) is 0.0956. The van der Waals surface area contributed by atoms with E-state index in [0.717, 1.165) is 0 Å². The van der Waals surface area contributed by atoms with E-state index in [-0.39, 0.29) is 34.5 Å². The molecule has 7 nitrogen and oxygen atoms in total. The predicted octanol–water partition coefficient (Wildman–Crippen LogP) is 0.0620. The lowest BCUT2D eigenvalue weighted by atomic mass is 10.1. The zero-order valence-corrected chi connectivity index (χ0v) is 11.8. The summed E-state index contributed by atoms with van der Waals surface area (Å²) >= 11 is 5.89. The highest BCUT2D eigenvalue weighted by Gasteiger charge is 2.28. The summed E-state index contributed by atoms with van der Waals surface area (Å²) in [4.78, 5) is 22.8. The van der Waals surface area contributed by atoms with Crippen LogP contribution in [-0.4, -0.2) is 26.8 Å². The van der Waals surface area contributed by atoms with Gasteiger partial charge in [0, 0.05) is 13.0 Å². The number of primary sulfonamides is 1. The Morgan fingerprint density at radius 1 is 1.45 bits per heavy atom. The van der Waals surface area contributed by atoms with E-state index in [2.05, 4.69) is 10.6 Å². The van der Waals surface area contributed by atoms with E-state index in [9.17, 15) is 18.0 Å². The van der Waals surface area contributed by atoms with Crippen molar-refractivity contribution in [2.75, 3.05) is 11.9 Å². The Morgan fingerprint density at radius 2 is 2.15 bits per heavy atom. The summed E-state index contributed by atoms with van der Waals surface area (Å²) in [7, 11) is -3.88. The topological polar surface area (TPSA) is 118 Å². The van der Waals surface area contributed by atoms with Crippen molar-refractivity contribution in [2.24, 2.45) is 11.1 Å². The zero-order chi connectivity index (χ0) is 14.9. The largest absolute Gasteiger partial charge is 0.355 e. The van der Waals surface area contributed by atoms with E-state index in [4.69, 9.17) is 16.7 Å². The zero-order valence-electron chi connectivity index (χ0n) is 10.2. The highest BCUT2D eigenvalue weighted by Crippen LogP contribution is 2.25. The van der Waals surface area contributed by atoms with Crippen molar-refractivity contribution in [2.45, 2.75) is 11.3 Å². The molecule has 0 aromatic heterocycles. The first-order valence-corrected chi connectivity index (χ1v) is 7.59. The third kappa shape index (κ3) is 3.27. The lowest BCUT2D eigenvalue weighted by Gasteiger charge is -2.11. The van der Waals surface area contributed by atoms with Crippen LogP contribution in [0.3, 0.4) is 0 Å². The first-order chi connectivity index (χ1) is 9.27. The van der Waals surface area contributed by atoms with Gasteiger partial charge in [-0.1, -0.05) is 11.6 Å². The van der Waals surface area contributed by atoms with Crippen LogP contribution in [0.5, 0.6) is 0 Å². The van der Waals surface area contributed by atoms with Gasteiger partial charge in [0.25, 0.3) is 0 Å². The standard InChI is InChI=1S/C11H12ClN3O4S/c12-8-2-1-7(20(13,18)19)4-9(8)15-11(17)6-3-10(16)14-5-6/h1-2,4,6H,3,5H2,(H,14,16)(H,15,17)(H2,13,18,19). The van der Waals surface area contributed by atoms with E-state index >= 15 is 0 Å². The van der Waals surface area contributed by atoms with Gasteiger partial charge >= 0.3 is 0 Å². The Hall–Kier alpha value is -1.64. The molecule has 20 heavy (non-hydrogen) atoms. The third-order valence-electron chi connectivity index (χ3n) is 2.87. The molecule has 1 aromatic rings. The maximum atomic E-state index is 11.9. The Labute approximate surface area is 120 Å². The summed E-state index contributed by atoms with van der Waals surface area (Å²) in [5.74, 6) is -1.11. The predicted molar refractivity (Wildman–Crippen MR) is 72.6 cm³/mol. The van der Waals surface area contributed by atoms with Crippen LogP contribution in [0.1, 0.15) is 6.42 Å². The molecule has 1 aliphatic heterocycles. The monoisotopic (exact) mass is 317 g/mol. The number of carbonyl (C=O) groups excluding carboxylic acids is 2. The van der Waals surface area contributed by atoms with Crippen LogP contribution >= 0.6 is 11.6 Å².